The Morgan fingerprint density at radius 3 is 2.44 bits per heavy atom. The first-order chi connectivity index (χ1) is 8.16. The molecule has 2 heterocycles. The van der Waals surface area contributed by atoms with Gasteiger partial charge in [0, 0.05) is 36.2 Å². The summed E-state index contributed by atoms with van der Waals surface area (Å²) in [4.78, 5) is 2.49. The third kappa shape index (κ3) is 2.03. The lowest BCUT2D eigenvalue weighted by molar-refractivity contribution is 0.0863. The van der Waals surface area contributed by atoms with E-state index < -0.39 is 0 Å². The van der Waals surface area contributed by atoms with Crippen molar-refractivity contribution in [2.45, 2.75) is 65.6 Å². The molecule has 4 heteroatoms. The predicted octanol–water partition coefficient (Wildman–Crippen LogP) is 2.38. The number of nitrogens with two attached hydrogens (primary N) is 1. The number of aromatic nitrogens is 2. The summed E-state index contributed by atoms with van der Waals surface area (Å²) in [7, 11) is 0. The average Bonchev–Trinajstić information content (AvgIpc) is 2.55. The molecule has 18 heavy (non-hydrogen) atoms. The molecule has 0 aromatic carbocycles. The molecule has 102 valence electrons. The van der Waals surface area contributed by atoms with E-state index >= 15 is 0 Å². The van der Waals surface area contributed by atoms with Crippen molar-refractivity contribution in [2.24, 2.45) is 0 Å². The third-order valence-electron chi connectivity index (χ3n) is 3.92. The summed E-state index contributed by atoms with van der Waals surface area (Å²) in [6.45, 7) is 16.2. The van der Waals surface area contributed by atoms with Crippen molar-refractivity contribution in [3.8, 4) is 0 Å². The average molecular weight is 250 g/mol. The number of hydrogen-bond acceptors (Lipinski definition) is 3. The van der Waals surface area contributed by atoms with Gasteiger partial charge in [-0.1, -0.05) is 13.8 Å². The first-order valence-electron chi connectivity index (χ1n) is 6.77. The van der Waals surface area contributed by atoms with Crippen LogP contribution in [0.2, 0.25) is 0 Å². The normalized spacial score (nSPS) is 19.9. The number of anilines is 1. The maximum Gasteiger partial charge on any atom is 0.126 e. The second kappa shape index (κ2) is 3.98. The molecule has 0 amide bonds. The highest BCUT2D eigenvalue weighted by molar-refractivity contribution is 5.47. The molecule has 0 bridgehead atoms. The van der Waals surface area contributed by atoms with Crippen molar-refractivity contribution in [3.63, 3.8) is 0 Å². The van der Waals surface area contributed by atoms with Gasteiger partial charge in [0.25, 0.3) is 0 Å². The fourth-order valence-electron chi connectivity index (χ4n) is 2.73. The van der Waals surface area contributed by atoms with E-state index in [1.807, 2.05) is 4.68 Å². The van der Waals surface area contributed by atoms with Gasteiger partial charge in [-0.25, -0.2) is 4.68 Å². The molecule has 2 rings (SSSR count). The van der Waals surface area contributed by atoms with Gasteiger partial charge in [-0.05, 0) is 27.7 Å². The van der Waals surface area contributed by atoms with Crippen LogP contribution in [0.5, 0.6) is 0 Å². The quantitative estimate of drug-likeness (QED) is 0.832. The molecule has 0 saturated carbocycles. The molecule has 0 radical (unpaired) electrons. The molecule has 1 aromatic heterocycles. The summed E-state index contributed by atoms with van der Waals surface area (Å²) in [5, 5.41) is 4.70. The van der Waals surface area contributed by atoms with Crippen LogP contribution in [-0.4, -0.2) is 26.8 Å². The second-order valence-electron chi connectivity index (χ2n) is 6.94. The van der Waals surface area contributed by atoms with Gasteiger partial charge in [0.15, 0.2) is 0 Å². The number of hydrogen-bond donors (Lipinski definition) is 1. The Labute approximate surface area is 110 Å². The van der Waals surface area contributed by atoms with E-state index in [0.29, 0.717) is 0 Å². The summed E-state index contributed by atoms with van der Waals surface area (Å²) in [5.41, 5.74) is 8.87. The lowest BCUT2D eigenvalue weighted by Crippen LogP contribution is -2.50. The Kier molecular flexibility index (Phi) is 2.97. The van der Waals surface area contributed by atoms with Crippen LogP contribution in [0, 0.1) is 0 Å². The third-order valence-corrected chi connectivity index (χ3v) is 3.92. The minimum absolute atomic E-state index is 0.0649. The van der Waals surface area contributed by atoms with Gasteiger partial charge in [0.05, 0.1) is 5.69 Å². The van der Waals surface area contributed by atoms with E-state index in [0.717, 1.165) is 25.5 Å². The number of fused-ring (bicyclic) bond motifs is 1. The van der Waals surface area contributed by atoms with Gasteiger partial charge in [-0.3, -0.25) is 4.90 Å². The highest BCUT2D eigenvalue weighted by Crippen LogP contribution is 2.38. The molecular formula is C14H26N4. The van der Waals surface area contributed by atoms with Crippen LogP contribution in [0.25, 0.3) is 0 Å². The lowest BCUT2D eigenvalue weighted by Gasteiger charge is -2.44. The summed E-state index contributed by atoms with van der Waals surface area (Å²) in [6, 6.07) is 0. The fraction of sp³-hybridized carbons (Fsp3) is 0.786. The van der Waals surface area contributed by atoms with Crippen molar-refractivity contribution in [1.29, 1.82) is 0 Å². The Morgan fingerprint density at radius 1 is 1.33 bits per heavy atom. The van der Waals surface area contributed by atoms with E-state index in [2.05, 4.69) is 46.4 Å². The second-order valence-corrected chi connectivity index (χ2v) is 6.94. The molecule has 0 unspecified atom stereocenters. The van der Waals surface area contributed by atoms with Gasteiger partial charge in [0.2, 0.25) is 0 Å². The Hall–Kier alpha value is -1.03. The lowest BCUT2D eigenvalue weighted by atomic mass is 9.81. The minimum Gasteiger partial charge on any atom is -0.384 e. The predicted molar refractivity (Wildman–Crippen MR) is 75.5 cm³/mol. The van der Waals surface area contributed by atoms with Crippen molar-refractivity contribution in [3.05, 3.63) is 11.3 Å². The van der Waals surface area contributed by atoms with Crippen LogP contribution >= 0.6 is 0 Å². The zero-order valence-corrected chi connectivity index (χ0v) is 12.5. The first kappa shape index (κ1) is 13.4. The number of nitrogens with zero attached hydrogens (tertiary/aromatic N) is 3. The molecule has 1 aliphatic heterocycles. The van der Waals surface area contributed by atoms with E-state index in [1.165, 1.54) is 11.3 Å². The van der Waals surface area contributed by atoms with E-state index in [4.69, 9.17) is 10.8 Å². The fourth-order valence-corrected chi connectivity index (χ4v) is 2.73. The van der Waals surface area contributed by atoms with Crippen molar-refractivity contribution in [2.75, 3.05) is 12.3 Å². The monoisotopic (exact) mass is 250 g/mol. The molecular weight excluding hydrogens is 224 g/mol. The Balaban J connectivity index is 2.49. The summed E-state index contributed by atoms with van der Waals surface area (Å²) in [6.07, 6.45) is 0. The summed E-state index contributed by atoms with van der Waals surface area (Å²) < 4.78 is 1.93. The van der Waals surface area contributed by atoms with Crippen LogP contribution < -0.4 is 5.73 Å². The molecule has 1 aromatic rings. The maximum absolute atomic E-state index is 6.24. The number of rotatable bonds is 1. The van der Waals surface area contributed by atoms with Crippen LogP contribution in [0.15, 0.2) is 0 Å². The molecule has 1 aliphatic rings. The number of nitrogen functional groups attached to an aromatic ring is 1. The molecule has 0 fully saturated rings. The highest BCUT2D eigenvalue weighted by atomic mass is 15.3. The Morgan fingerprint density at radius 2 is 1.94 bits per heavy atom. The van der Waals surface area contributed by atoms with Crippen LogP contribution in [0.4, 0.5) is 5.82 Å². The van der Waals surface area contributed by atoms with Gasteiger partial charge in [-0.15, -0.1) is 0 Å². The highest BCUT2D eigenvalue weighted by Gasteiger charge is 2.39. The standard InChI is InChI=1S/C14H26N4/c1-7-18-12(15)10-8-17(13(2,3)4)9-14(5,6)11(10)16-18/h7-9,15H2,1-6H3. The molecule has 0 spiro atoms. The van der Waals surface area contributed by atoms with Crippen LogP contribution in [-0.2, 0) is 18.5 Å². The van der Waals surface area contributed by atoms with Gasteiger partial charge < -0.3 is 5.73 Å². The zero-order chi connectivity index (χ0) is 13.7. The molecule has 0 saturated heterocycles. The summed E-state index contributed by atoms with van der Waals surface area (Å²) >= 11 is 0. The van der Waals surface area contributed by atoms with Crippen molar-refractivity contribution >= 4 is 5.82 Å². The summed E-state index contributed by atoms with van der Waals surface area (Å²) in [5.74, 6) is 0.842. The van der Waals surface area contributed by atoms with E-state index in [-0.39, 0.29) is 11.0 Å². The van der Waals surface area contributed by atoms with Gasteiger partial charge in [-0.2, -0.15) is 5.10 Å². The smallest absolute Gasteiger partial charge is 0.126 e. The molecule has 4 nitrogen and oxygen atoms in total. The largest absolute Gasteiger partial charge is 0.384 e. The van der Waals surface area contributed by atoms with E-state index in [1.54, 1.807) is 0 Å². The zero-order valence-electron chi connectivity index (χ0n) is 12.5. The molecule has 2 N–H and O–H groups in total. The van der Waals surface area contributed by atoms with Crippen LogP contribution in [0.1, 0.15) is 52.8 Å². The molecule has 0 aliphatic carbocycles. The van der Waals surface area contributed by atoms with Crippen LogP contribution in [0.3, 0.4) is 0 Å². The van der Waals surface area contributed by atoms with E-state index in [9.17, 15) is 0 Å². The minimum atomic E-state index is 0.0649. The maximum atomic E-state index is 6.24. The van der Waals surface area contributed by atoms with Gasteiger partial charge >= 0.3 is 0 Å². The van der Waals surface area contributed by atoms with Gasteiger partial charge in [0.1, 0.15) is 5.82 Å². The van der Waals surface area contributed by atoms with Crippen molar-refractivity contribution in [1.82, 2.24) is 14.7 Å². The number of aryl methyl sites for hydroxylation is 1. The molecule has 0 atom stereocenters. The SMILES string of the molecule is CCn1nc2c(c1N)CN(C(C)(C)C)CC2(C)C. The van der Waals surface area contributed by atoms with Crippen molar-refractivity contribution < 1.29 is 0 Å². The first-order valence-corrected chi connectivity index (χ1v) is 6.77. The topological polar surface area (TPSA) is 47.1 Å². The Bertz CT molecular complexity index is 451.